The van der Waals surface area contributed by atoms with Crippen molar-refractivity contribution in [2.45, 2.75) is 13.0 Å². The summed E-state index contributed by atoms with van der Waals surface area (Å²) in [5, 5.41) is 11.6. The van der Waals surface area contributed by atoms with Gasteiger partial charge in [-0.25, -0.2) is 4.98 Å². The van der Waals surface area contributed by atoms with E-state index >= 15 is 0 Å². The van der Waals surface area contributed by atoms with Gasteiger partial charge in [-0.1, -0.05) is 0 Å². The number of nitriles is 1. The lowest BCUT2D eigenvalue weighted by Crippen LogP contribution is -2.18. The number of hydrogen-bond donors (Lipinski definition) is 1. The maximum atomic E-state index is 8.38. The molecule has 0 fully saturated rings. The fourth-order valence-corrected chi connectivity index (χ4v) is 1.37. The number of nitrogens with zero attached hydrogens (tertiary/aromatic N) is 4. The molecule has 1 aromatic rings. The molecule has 1 heterocycles. The SMILES string of the molecule is CN(C)c1ncc(CNCCC#N)n1C. The Morgan fingerprint density at radius 1 is 1.60 bits per heavy atom. The molecule has 0 atom stereocenters. The maximum Gasteiger partial charge on any atom is 0.204 e. The predicted octanol–water partition coefficient (Wildman–Crippen LogP) is 0.489. The van der Waals surface area contributed by atoms with E-state index in [4.69, 9.17) is 5.26 Å². The minimum Gasteiger partial charge on any atom is -0.348 e. The van der Waals surface area contributed by atoms with Crippen molar-refractivity contribution in [3.8, 4) is 6.07 Å². The molecule has 0 aliphatic rings. The fraction of sp³-hybridized carbons (Fsp3) is 0.600. The number of rotatable bonds is 5. The summed E-state index contributed by atoms with van der Waals surface area (Å²) in [6, 6.07) is 2.10. The van der Waals surface area contributed by atoms with Crippen LogP contribution in [0.3, 0.4) is 0 Å². The highest BCUT2D eigenvalue weighted by Gasteiger charge is 2.06. The molecule has 1 rings (SSSR count). The van der Waals surface area contributed by atoms with E-state index in [-0.39, 0.29) is 0 Å². The van der Waals surface area contributed by atoms with Crippen molar-refractivity contribution in [2.75, 3.05) is 25.5 Å². The monoisotopic (exact) mass is 207 g/mol. The van der Waals surface area contributed by atoms with Gasteiger partial charge in [-0.15, -0.1) is 0 Å². The van der Waals surface area contributed by atoms with Crippen LogP contribution in [0, 0.1) is 11.3 Å². The second-order valence-electron chi connectivity index (χ2n) is 3.59. The highest BCUT2D eigenvalue weighted by atomic mass is 15.3. The third kappa shape index (κ3) is 2.96. The Balaban J connectivity index is 2.52. The summed E-state index contributed by atoms with van der Waals surface area (Å²) in [5.74, 6) is 0.937. The van der Waals surface area contributed by atoms with Crippen LogP contribution in [0.2, 0.25) is 0 Å². The summed E-state index contributed by atoms with van der Waals surface area (Å²) in [4.78, 5) is 6.27. The molecule has 0 spiro atoms. The Hall–Kier alpha value is -1.54. The highest BCUT2D eigenvalue weighted by molar-refractivity contribution is 5.30. The molecule has 1 aromatic heterocycles. The van der Waals surface area contributed by atoms with Crippen molar-refractivity contribution in [2.24, 2.45) is 7.05 Å². The van der Waals surface area contributed by atoms with E-state index in [1.165, 1.54) is 0 Å². The van der Waals surface area contributed by atoms with E-state index < -0.39 is 0 Å². The molecule has 0 amide bonds. The molecule has 0 radical (unpaired) electrons. The zero-order chi connectivity index (χ0) is 11.3. The van der Waals surface area contributed by atoms with E-state index in [0.717, 1.165) is 24.7 Å². The van der Waals surface area contributed by atoms with Crippen LogP contribution >= 0.6 is 0 Å². The summed E-state index contributed by atoms with van der Waals surface area (Å²) in [5.41, 5.74) is 1.12. The first kappa shape index (κ1) is 11.5. The van der Waals surface area contributed by atoms with Gasteiger partial charge in [0.1, 0.15) is 0 Å². The number of anilines is 1. The molecule has 0 aliphatic heterocycles. The lowest BCUT2D eigenvalue weighted by atomic mass is 10.4. The molecule has 15 heavy (non-hydrogen) atoms. The summed E-state index contributed by atoms with van der Waals surface area (Å²) in [6.07, 6.45) is 2.40. The first-order valence-electron chi connectivity index (χ1n) is 4.92. The van der Waals surface area contributed by atoms with Gasteiger partial charge in [-0.3, -0.25) is 0 Å². The molecule has 82 valence electrons. The zero-order valence-corrected chi connectivity index (χ0v) is 9.49. The molecular formula is C10H17N5. The normalized spacial score (nSPS) is 10.0. The minimum absolute atomic E-state index is 0.540. The predicted molar refractivity (Wildman–Crippen MR) is 59.5 cm³/mol. The van der Waals surface area contributed by atoms with Crippen molar-refractivity contribution in [1.29, 1.82) is 5.26 Å². The lowest BCUT2D eigenvalue weighted by Gasteiger charge is -2.12. The molecule has 5 nitrogen and oxygen atoms in total. The van der Waals surface area contributed by atoms with Crippen molar-refractivity contribution < 1.29 is 0 Å². The van der Waals surface area contributed by atoms with Crippen LogP contribution in [0.4, 0.5) is 5.95 Å². The van der Waals surface area contributed by atoms with Gasteiger partial charge in [0, 0.05) is 40.7 Å². The third-order valence-corrected chi connectivity index (χ3v) is 2.18. The van der Waals surface area contributed by atoms with Gasteiger partial charge in [-0.2, -0.15) is 5.26 Å². The first-order chi connectivity index (χ1) is 7.16. The summed E-state index contributed by atoms with van der Waals surface area (Å²) in [7, 11) is 5.92. The van der Waals surface area contributed by atoms with Gasteiger partial charge in [0.25, 0.3) is 0 Å². The Morgan fingerprint density at radius 2 is 2.33 bits per heavy atom. The largest absolute Gasteiger partial charge is 0.348 e. The van der Waals surface area contributed by atoms with Crippen LogP contribution in [0.25, 0.3) is 0 Å². The quantitative estimate of drug-likeness (QED) is 0.714. The van der Waals surface area contributed by atoms with E-state index in [0.29, 0.717) is 6.42 Å². The van der Waals surface area contributed by atoms with Gasteiger partial charge in [0.2, 0.25) is 5.95 Å². The Bertz CT molecular complexity index is 347. The molecule has 1 N–H and O–H groups in total. The van der Waals surface area contributed by atoms with Gasteiger partial charge in [-0.05, 0) is 0 Å². The fourth-order valence-electron chi connectivity index (χ4n) is 1.37. The van der Waals surface area contributed by atoms with Crippen LogP contribution in [0.1, 0.15) is 12.1 Å². The molecule has 0 saturated carbocycles. The summed E-state index contributed by atoms with van der Waals surface area (Å²) < 4.78 is 2.04. The average molecular weight is 207 g/mol. The number of aromatic nitrogens is 2. The van der Waals surface area contributed by atoms with Crippen LogP contribution < -0.4 is 10.2 Å². The van der Waals surface area contributed by atoms with Crippen molar-refractivity contribution in [3.63, 3.8) is 0 Å². The van der Waals surface area contributed by atoms with Gasteiger partial charge < -0.3 is 14.8 Å². The van der Waals surface area contributed by atoms with E-state index in [1.807, 2.05) is 36.8 Å². The third-order valence-electron chi connectivity index (χ3n) is 2.18. The Kier molecular flexibility index (Phi) is 4.13. The first-order valence-corrected chi connectivity index (χ1v) is 4.92. The van der Waals surface area contributed by atoms with Crippen LogP contribution in [-0.2, 0) is 13.6 Å². The molecule has 5 heteroatoms. The van der Waals surface area contributed by atoms with Crippen molar-refractivity contribution >= 4 is 5.95 Å². The average Bonchev–Trinajstić information content (AvgIpc) is 2.55. The highest BCUT2D eigenvalue weighted by Crippen LogP contribution is 2.10. The summed E-state index contributed by atoms with van der Waals surface area (Å²) >= 11 is 0. The van der Waals surface area contributed by atoms with Crippen molar-refractivity contribution in [1.82, 2.24) is 14.9 Å². The van der Waals surface area contributed by atoms with E-state index in [9.17, 15) is 0 Å². The number of nitrogens with one attached hydrogen (secondary N) is 1. The van der Waals surface area contributed by atoms with Gasteiger partial charge in [0.15, 0.2) is 0 Å². The van der Waals surface area contributed by atoms with Crippen LogP contribution in [0.5, 0.6) is 0 Å². The number of hydrogen-bond acceptors (Lipinski definition) is 4. The molecule has 0 saturated heterocycles. The van der Waals surface area contributed by atoms with Crippen LogP contribution in [-0.4, -0.2) is 30.2 Å². The molecule has 0 aliphatic carbocycles. The Morgan fingerprint density at radius 3 is 2.87 bits per heavy atom. The molecule has 0 bridgehead atoms. The summed E-state index contributed by atoms with van der Waals surface area (Å²) in [6.45, 7) is 1.47. The molecular weight excluding hydrogens is 190 g/mol. The van der Waals surface area contributed by atoms with E-state index in [2.05, 4.69) is 16.4 Å². The minimum atomic E-state index is 0.540. The standard InChI is InChI=1S/C10H17N5/c1-14(2)10-13-8-9(15(10)3)7-12-6-4-5-11/h8,12H,4,6-7H2,1-3H3. The maximum absolute atomic E-state index is 8.38. The van der Waals surface area contributed by atoms with Gasteiger partial charge >= 0.3 is 0 Å². The number of imidazole rings is 1. The molecule has 0 aromatic carbocycles. The van der Waals surface area contributed by atoms with Crippen LogP contribution in [0.15, 0.2) is 6.20 Å². The smallest absolute Gasteiger partial charge is 0.204 e. The second kappa shape index (κ2) is 5.37. The lowest BCUT2D eigenvalue weighted by molar-refractivity contribution is 0.660. The van der Waals surface area contributed by atoms with Crippen molar-refractivity contribution in [3.05, 3.63) is 11.9 Å². The van der Waals surface area contributed by atoms with E-state index in [1.54, 1.807) is 0 Å². The topological polar surface area (TPSA) is 56.9 Å². The molecule has 0 unspecified atom stereocenters. The zero-order valence-electron chi connectivity index (χ0n) is 9.49. The Labute approximate surface area is 90.3 Å². The van der Waals surface area contributed by atoms with Gasteiger partial charge in [0.05, 0.1) is 18.0 Å². The second-order valence-corrected chi connectivity index (χ2v) is 3.59.